The molecule has 1 rings (SSSR count). The van der Waals surface area contributed by atoms with Crippen LogP contribution in [-0.2, 0) is 4.74 Å². The van der Waals surface area contributed by atoms with E-state index >= 15 is 0 Å². The topological polar surface area (TPSA) is 21.3 Å². The zero-order chi connectivity index (χ0) is 10.8. The van der Waals surface area contributed by atoms with E-state index in [0.717, 1.165) is 25.9 Å². The number of rotatable bonds is 3. The van der Waals surface area contributed by atoms with Crippen LogP contribution < -0.4 is 5.32 Å². The largest absolute Gasteiger partial charge is 0.366 e. The average Bonchev–Trinajstić information content (AvgIpc) is 2.01. The summed E-state index contributed by atoms with van der Waals surface area (Å²) in [5.74, 6) is 0.695. The summed E-state index contributed by atoms with van der Waals surface area (Å²) in [4.78, 5) is 0. The van der Waals surface area contributed by atoms with Crippen molar-refractivity contribution in [2.24, 2.45) is 5.92 Å². The number of ether oxygens (including phenoxy) is 1. The monoisotopic (exact) mass is 199 g/mol. The van der Waals surface area contributed by atoms with Gasteiger partial charge in [0.05, 0.1) is 11.2 Å². The summed E-state index contributed by atoms with van der Waals surface area (Å²) in [6, 6.07) is 0. The Morgan fingerprint density at radius 3 is 2.29 bits per heavy atom. The molecule has 1 fully saturated rings. The second-order valence-corrected chi connectivity index (χ2v) is 5.56. The van der Waals surface area contributed by atoms with E-state index < -0.39 is 0 Å². The zero-order valence-electron chi connectivity index (χ0n) is 10.3. The van der Waals surface area contributed by atoms with Crippen molar-refractivity contribution in [2.45, 2.75) is 58.7 Å². The molecule has 0 aromatic heterocycles. The number of morpholine rings is 1. The van der Waals surface area contributed by atoms with Gasteiger partial charge in [0.2, 0.25) is 0 Å². The van der Waals surface area contributed by atoms with Gasteiger partial charge in [0.15, 0.2) is 0 Å². The Bertz CT molecular complexity index is 193. The lowest BCUT2D eigenvalue weighted by Crippen LogP contribution is -2.58. The van der Waals surface area contributed by atoms with Crippen LogP contribution in [0.5, 0.6) is 0 Å². The van der Waals surface area contributed by atoms with E-state index in [1.165, 1.54) is 0 Å². The first kappa shape index (κ1) is 12.0. The molecule has 2 heteroatoms. The van der Waals surface area contributed by atoms with E-state index in [1.807, 2.05) is 0 Å². The number of hydrogen-bond donors (Lipinski definition) is 1. The Kier molecular flexibility index (Phi) is 3.59. The Morgan fingerprint density at radius 1 is 1.21 bits per heavy atom. The molecule has 0 radical (unpaired) electrons. The maximum absolute atomic E-state index is 6.26. The molecule has 2 nitrogen and oxygen atoms in total. The molecule has 2 unspecified atom stereocenters. The molecule has 0 bridgehead atoms. The molecule has 14 heavy (non-hydrogen) atoms. The summed E-state index contributed by atoms with van der Waals surface area (Å²) in [5, 5.41) is 3.50. The molecule has 1 aliphatic rings. The maximum atomic E-state index is 6.26. The van der Waals surface area contributed by atoms with Crippen LogP contribution in [0.1, 0.15) is 47.5 Å². The molecule has 2 atom stereocenters. The van der Waals surface area contributed by atoms with Gasteiger partial charge in [0.1, 0.15) is 0 Å². The molecule has 1 heterocycles. The van der Waals surface area contributed by atoms with E-state index in [2.05, 4.69) is 39.9 Å². The van der Waals surface area contributed by atoms with Crippen LogP contribution in [0.2, 0.25) is 0 Å². The van der Waals surface area contributed by atoms with Crippen molar-refractivity contribution in [3.63, 3.8) is 0 Å². The third-order valence-corrected chi connectivity index (χ3v) is 3.08. The highest BCUT2D eigenvalue weighted by atomic mass is 16.5. The van der Waals surface area contributed by atoms with Crippen molar-refractivity contribution in [3.05, 3.63) is 0 Å². The molecule has 0 aliphatic carbocycles. The molecular weight excluding hydrogens is 174 g/mol. The first-order valence-corrected chi connectivity index (χ1v) is 5.80. The summed E-state index contributed by atoms with van der Waals surface area (Å²) in [5.41, 5.74) is 0.0546. The van der Waals surface area contributed by atoms with Gasteiger partial charge in [-0.05, 0) is 32.6 Å². The van der Waals surface area contributed by atoms with Gasteiger partial charge < -0.3 is 10.1 Å². The van der Waals surface area contributed by atoms with Gasteiger partial charge >= 0.3 is 0 Å². The van der Waals surface area contributed by atoms with Gasteiger partial charge in [-0.2, -0.15) is 0 Å². The van der Waals surface area contributed by atoms with E-state index in [4.69, 9.17) is 4.74 Å². The zero-order valence-corrected chi connectivity index (χ0v) is 10.3. The lowest BCUT2D eigenvalue weighted by atomic mass is 9.89. The maximum Gasteiger partial charge on any atom is 0.0788 e. The van der Waals surface area contributed by atoms with E-state index in [9.17, 15) is 0 Å². The van der Waals surface area contributed by atoms with Crippen LogP contribution in [0, 0.1) is 5.92 Å². The van der Waals surface area contributed by atoms with E-state index in [0.29, 0.717) is 5.92 Å². The summed E-state index contributed by atoms with van der Waals surface area (Å²) in [6.45, 7) is 13.1. The molecule has 1 saturated heterocycles. The molecule has 1 aliphatic heterocycles. The minimum absolute atomic E-state index is 0.0250. The van der Waals surface area contributed by atoms with Crippen molar-refractivity contribution in [1.29, 1.82) is 0 Å². The van der Waals surface area contributed by atoms with Gasteiger partial charge in [0.25, 0.3) is 0 Å². The Hall–Kier alpha value is -0.0800. The quantitative estimate of drug-likeness (QED) is 0.754. The van der Waals surface area contributed by atoms with Crippen molar-refractivity contribution >= 4 is 0 Å². The fraction of sp³-hybridized carbons (Fsp3) is 1.00. The van der Waals surface area contributed by atoms with Gasteiger partial charge in [-0.15, -0.1) is 0 Å². The summed E-state index contributed by atoms with van der Waals surface area (Å²) in [7, 11) is 0. The second kappa shape index (κ2) is 4.19. The molecule has 1 N–H and O–H groups in total. The Balaban J connectivity index is 2.62. The summed E-state index contributed by atoms with van der Waals surface area (Å²) < 4.78 is 6.26. The molecular formula is C12H25NO. The molecule has 0 spiro atoms. The molecule has 0 amide bonds. The lowest BCUT2D eigenvalue weighted by molar-refractivity contribution is -0.169. The van der Waals surface area contributed by atoms with Gasteiger partial charge in [-0.25, -0.2) is 0 Å². The normalized spacial score (nSPS) is 39.0. The van der Waals surface area contributed by atoms with Gasteiger partial charge in [-0.1, -0.05) is 20.8 Å². The summed E-state index contributed by atoms with van der Waals surface area (Å²) in [6.07, 6.45) is 2.21. The third kappa shape index (κ3) is 2.96. The molecule has 84 valence electrons. The van der Waals surface area contributed by atoms with Crippen molar-refractivity contribution in [2.75, 3.05) is 13.1 Å². The SMILES string of the molecule is CCC1(C)CNCC(C)(CC(C)C)O1. The standard InChI is InChI=1S/C12H25NO/c1-6-11(4)8-13-9-12(5,14-11)7-10(2)3/h10,13H,6-9H2,1-5H3. The number of nitrogens with one attached hydrogen (secondary N) is 1. The predicted molar refractivity (Wildman–Crippen MR) is 60.5 cm³/mol. The van der Waals surface area contributed by atoms with E-state index in [-0.39, 0.29) is 11.2 Å². The first-order chi connectivity index (χ1) is 6.39. The van der Waals surface area contributed by atoms with Crippen LogP contribution in [0.15, 0.2) is 0 Å². The Morgan fingerprint density at radius 2 is 1.79 bits per heavy atom. The molecule has 0 aromatic carbocycles. The van der Waals surface area contributed by atoms with Crippen LogP contribution in [-0.4, -0.2) is 24.3 Å². The molecule has 0 saturated carbocycles. The fourth-order valence-corrected chi connectivity index (χ4v) is 2.43. The van der Waals surface area contributed by atoms with E-state index in [1.54, 1.807) is 0 Å². The Labute approximate surface area is 88.4 Å². The molecule has 0 aromatic rings. The fourth-order valence-electron chi connectivity index (χ4n) is 2.43. The van der Waals surface area contributed by atoms with Crippen LogP contribution in [0.4, 0.5) is 0 Å². The smallest absolute Gasteiger partial charge is 0.0788 e. The third-order valence-electron chi connectivity index (χ3n) is 3.08. The van der Waals surface area contributed by atoms with Crippen molar-refractivity contribution in [1.82, 2.24) is 5.32 Å². The van der Waals surface area contributed by atoms with Crippen LogP contribution >= 0.6 is 0 Å². The van der Waals surface area contributed by atoms with Crippen LogP contribution in [0.25, 0.3) is 0 Å². The average molecular weight is 199 g/mol. The lowest BCUT2D eigenvalue weighted by Gasteiger charge is -2.46. The van der Waals surface area contributed by atoms with Crippen molar-refractivity contribution < 1.29 is 4.74 Å². The van der Waals surface area contributed by atoms with Gasteiger partial charge in [0, 0.05) is 13.1 Å². The first-order valence-electron chi connectivity index (χ1n) is 5.80. The van der Waals surface area contributed by atoms with Gasteiger partial charge in [-0.3, -0.25) is 0 Å². The minimum atomic E-state index is 0.0250. The summed E-state index contributed by atoms with van der Waals surface area (Å²) >= 11 is 0. The predicted octanol–water partition coefficient (Wildman–Crippen LogP) is 2.58. The van der Waals surface area contributed by atoms with Crippen molar-refractivity contribution in [3.8, 4) is 0 Å². The second-order valence-electron chi connectivity index (χ2n) is 5.56. The highest BCUT2D eigenvalue weighted by Gasteiger charge is 2.39. The van der Waals surface area contributed by atoms with Crippen LogP contribution in [0.3, 0.4) is 0 Å². The minimum Gasteiger partial charge on any atom is -0.366 e. The highest BCUT2D eigenvalue weighted by Crippen LogP contribution is 2.31. The highest BCUT2D eigenvalue weighted by molar-refractivity contribution is 4.91. The number of hydrogen-bond acceptors (Lipinski definition) is 2.